The molecule has 4 rings (SSSR count). The standard InChI is InChI=1S/C18H14N2/c1-2-6-18-15(4-1)9-11-20(18)13-14-7-8-17-16(12-14)5-3-10-19-17/h1-12H,13H2. The van der Waals surface area contributed by atoms with Crippen LogP contribution in [0.5, 0.6) is 0 Å². The molecule has 0 spiro atoms. The highest BCUT2D eigenvalue weighted by Gasteiger charge is 2.02. The van der Waals surface area contributed by atoms with Gasteiger partial charge in [-0.15, -0.1) is 0 Å². The van der Waals surface area contributed by atoms with E-state index in [1.165, 1.54) is 21.9 Å². The molecule has 0 bridgehead atoms. The third-order valence-electron chi connectivity index (χ3n) is 3.70. The Morgan fingerprint density at radius 2 is 1.75 bits per heavy atom. The summed E-state index contributed by atoms with van der Waals surface area (Å²) >= 11 is 0. The van der Waals surface area contributed by atoms with E-state index in [4.69, 9.17) is 0 Å². The van der Waals surface area contributed by atoms with Gasteiger partial charge in [0, 0.05) is 29.8 Å². The van der Waals surface area contributed by atoms with Gasteiger partial charge in [0.05, 0.1) is 5.52 Å². The molecule has 2 heterocycles. The molecule has 0 aliphatic rings. The van der Waals surface area contributed by atoms with E-state index in [0.717, 1.165) is 12.1 Å². The van der Waals surface area contributed by atoms with Gasteiger partial charge in [-0.3, -0.25) is 4.98 Å². The monoisotopic (exact) mass is 258 g/mol. The van der Waals surface area contributed by atoms with Crippen LogP contribution in [-0.4, -0.2) is 9.55 Å². The molecule has 0 aliphatic carbocycles. The number of para-hydroxylation sites is 1. The molecule has 2 aromatic carbocycles. The quantitative estimate of drug-likeness (QED) is 0.526. The minimum Gasteiger partial charge on any atom is -0.343 e. The summed E-state index contributed by atoms with van der Waals surface area (Å²) in [6.07, 6.45) is 3.99. The molecule has 0 saturated carbocycles. The number of pyridine rings is 1. The molecule has 0 amide bonds. The van der Waals surface area contributed by atoms with Crippen LogP contribution in [0.3, 0.4) is 0 Å². The van der Waals surface area contributed by atoms with Crippen LogP contribution in [0.25, 0.3) is 21.8 Å². The smallest absolute Gasteiger partial charge is 0.0702 e. The SMILES string of the molecule is c1cnc2ccc(Cn3ccc4ccccc43)cc2c1. The molecule has 0 unspecified atom stereocenters. The Kier molecular flexibility index (Phi) is 2.52. The molecule has 0 atom stereocenters. The lowest BCUT2D eigenvalue weighted by atomic mass is 10.1. The molecule has 0 N–H and O–H groups in total. The van der Waals surface area contributed by atoms with Gasteiger partial charge < -0.3 is 4.57 Å². The average Bonchev–Trinajstić information content (AvgIpc) is 2.91. The van der Waals surface area contributed by atoms with Gasteiger partial charge in [-0.2, -0.15) is 0 Å². The lowest BCUT2D eigenvalue weighted by molar-refractivity contribution is 0.838. The van der Waals surface area contributed by atoms with Crippen molar-refractivity contribution in [1.29, 1.82) is 0 Å². The van der Waals surface area contributed by atoms with Crippen molar-refractivity contribution in [3.63, 3.8) is 0 Å². The minimum absolute atomic E-state index is 0.887. The van der Waals surface area contributed by atoms with E-state index in [2.05, 4.69) is 70.3 Å². The number of rotatable bonds is 2. The molecular formula is C18H14N2. The van der Waals surface area contributed by atoms with Gasteiger partial charge in [0.2, 0.25) is 0 Å². The molecule has 0 saturated heterocycles. The Balaban J connectivity index is 1.76. The molecule has 0 aliphatic heterocycles. The van der Waals surface area contributed by atoms with Gasteiger partial charge in [0.15, 0.2) is 0 Å². The lowest BCUT2D eigenvalue weighted by Crippen LogP contribution is -1.97. The Morgan fingerprint density at radius 1 is 0.850 bits per heavy atom. The van der Waals surface area contributed by atoms with Gasteiger partial charge in [-0.05, 0) is 41.3 Å². The molecule has 0 radical (unpaired) electrons. The Hall–Kier alpha value is -2.61. The Bertz CT molecular complexity index is 890. The molecule has 4 aromatic rings. The van der Waals surface area contributed by atoms with Crippen molar-refractivity contribution in [2.24, 2.45) is 0 Å². The van der Waals surface area contributed by atoms with Gasteiger partial charge in [0.1, 0.15) is 0 Å². The molecule has 2 aromatic heterocycles. The zero-order valence-electron chi connectivity index (χ0n) is 11.0. The highest BCUT2D eigenvalue weighted by atomic mass is 14.9. The van der Waals surface area contributed by atoms with Crippen LogP contribution in [0.2, 0.25) is 0 Å². The van der Waals surface area contributed by atoms with Gasteiger partial charge in [-0.1, -0.05) is 30.3 Å². The summed E-state index contributed by atoms with van der Waals surface area (Å²) in [5.74, 6) is 0. The van der Waals surface area contributed by atoms with Crippen LogP contribution in [0.1, 0.15) is 5.56 Å². The summed E-state index contributed by atoms with van der Waals surface area (Å²) in [5.41, 5.74) is 3.62. The van der Waals surface area contributed by atoms with E-state index < -0.39 is 0 Å². The molecule has 2 nitrogen and oxygen atoms in total. The van der Waals surface area contributed by atoms with Gasteiger partial charge in [-0.25, -0.2) is 0 Å². The van der Waals surface area contributed by atoms with Crippen LogP contribution in [0, 0.1) is 0 Å². The van der Waals surface area contributed by atoms with Crippen LogP contribution in [0.15, 0.2) is 73.1 Å². The number of nitrogens with zero attached hydrogens (tertiary/aromatic N) is 2. The second-order valence-corrected chi connectivity index (χ2v) is 5.03. The minimum atomic E-state index is 0.887. The normalized spacial score (nSPS) is 11.2. The molecule has 0 fully saturated rings. The number of hydrogen-bond donors (Lipinski definition) is 0. The second-order valence-electron chi connectivity index (χ2n) is 5.03. The van der Waals surface area contributed by atoms with Crippen molar-refractivity contribution in [3.8, 4) is 0 Å². The van der Waals surface area contributed by atoms with Crippen molar-refractivity contribution in [3.05, 3.63) is 78.6 Å². The van der Waals surface area contributed by atoms with Crippen LogP contribution in [0.4, 0.5) is 0 Å². The fourth-order valence-electron chi connectivity index (χ4n) is 2.70. The van der Waals surface area contributed by atoms with Crippen molar-refractivity contribution in [1.82, 2.24) is 9.55 Å². The summed E-state index contributed by atoms with van der Waals surface area (Å²) in [5, 5.41) is 2.48. The highest BCUT2D eigenvalue weighted by molar-refractivity contribution is 5.81. The number of fused-ring (bicyclic) bond motifs is 2. The first-order valence-corrected chi connectivity index (χ1v) is 6.78. The molecule has 96 valence electrons. The third kappa shape index (κ3) is 1.86. The number of aromatic nitrogens is 2. The first-order valence-electron chi connectivity index (χ1n) is 6.78. The predicted molar refractivity (Wildman–Crippen MR) is 82.8 cm³/mol. The fraction of sp³-hybridized carbons (Fsp3) is 0.0556. The van der Waals surface area contributed by atoms with Crippen LogP contribution in [-0.2, 0) is 6.54 Å². The number of hydrogen-bond acceptors (Lipinski definition) is 1. The Labute approximate surface area is 117 Å². The van der Waals surface area contributed by atoms with E-state index in [1.807, 2.05) is 12.3 Å². The summed E-state index contributed by atoms with van der Waals surface area (Å²) in [4.78, 5) is 4.36. The Morgan fingerprint density at radius 3 is 2.75 bits per heavy atom. The summed E-state index contributed by atoms with van der Waals surface area (Å²) in [6, 6.07) is 21.2. The second kappa shape index (κ2) is 4.49. The van der Waals surface area contributed by atoms with E-state index in [0.29, 0.717) is 0 Å². The van der Waals surface area contributed by atoms with Crippen molar-refractivity contribution < 1.29 is 0 Å². The van der Waals surface area contributed by atoms with E-state index in [9.17, 15) is 0 Å². The van der Waals surface area contributed by atoms with E-state index in [-0.39, 0.29) is 0 Å². The van der Waals surface area contributed by atoms with Crippen molar-refractivity contribution in [2.75, 3.05) is 0 Å². The first kappa shape index (κ1) is 11.2. The average molecular weight is 258 g/mol. The number of benzene rings is 2. The largest absolute Gasteiger partial charge is 0.343 e. The summed E-state index contributed by atoms with van der Waals surface area (Å²) in [7, 11) is 0. The zero-order chi connectivity index (χ0) is 13.4. The van der Waals surface area contributed by atoms with Crippen LogP contribution < -0.4 is 0 Å². The predicted octanol–water partition coefficient (Wildman–Crippen LogP) is 4.24. The van der Waals surface area contributed by atoms with E-state index in [1.54, 1.807) is 0 Å². The maximum absolute atomic E-state index is 4.36. The topological polar surface area (TPSA) is 17.8 Å². The van der Waals surface area contributed by atoms with Crippen molar-refractivity contribution >= 4 is 21.8 Å². The third-order valence-corrected chi connectivity index (χ3v) is 3.70. The summed E-state index contributed by atoms with van der Waals surface area (Å²) < 4.78 is 2.28. The molecule has 2 heteroatoms. The lowest BCUT2D eigenvalue weighted by Gasteiger charge is -2.07. The molecular weight excluding hydrogens is 244 g/mol. The first-order chi connectivity index (χ1) is 9.90. The maximum atomic E-state index is 4.36. The maximum Gasteiger partial charge on any atom is 0.0702 e. The van der Waals surface area contributed by atoms with Gasteiger partial charge >= 0.3 is 0 Å². The van der Waals surface area contributed by atoms with E-state index >= 15 is 0 Å². The van der Waals surface area contributed by atoms with Crippen LogP contribution >= 0.6 is 0 Å². The highest BCUT2D eigenvalue weighted by Crippen LogP contribution is 2.19. The fourth-order valence-corrected chi connectivity index (χ4v) is 2.70. The van der Waals surface area contributed by atoms with Crippen molar-refractivity contribution in [2.45, 2.75) is 6.54 Å². The summed E-state index contributed by atoms with van der Waals surface area (Å²) in [6.45, 7) is 0.887. The molecule has 20 heavy (non-hydrogen) atoms. The zero-order valence-corrected chi connectivity index (χ0v) is 11.0. The van der Waals surface area contributed by atoms with Gasteiger partial charge in [0.25, 0.3) is 0 Å².